The van der Waals surface area contributed by atoms with Gasteiger partial charge in [0.05, 0.1) is 11.9 Å². The van der Waals surface area contributed by atoms with E-state index in [4.69, 9.17) is 22.6 Å². The lowest BCUT2D eigenvalue weighted by Crippen LogP contribution is -2.02. The Morgan fingerprint density at radius 2 is 2.25 bits per heavy atom. The fraction of sp³-hybridized carbons (Fsp3) is 0.0909. The molecule has 80 valence electrons. The van der Waals surface area contributed by atoms with Crippen LogP contribution in [0.25, 0.3) is 5.69 Å². The molecule has 0 aliphatic heterocycles. The van der Waals surface area contributed by atoms with Gasteiger partial charge in [-0.25, -0.2) is 4.68 Å². The first-order valence-electron chi connectivity index (χ1n) is 4.63. The summed E-state index contributed by atoms with van der Waals surface area (Å²) in [5.74, 6) is 0.337. The minimum Gasteiger partial charge on any atom is -0.382 e. The van der Waals surface area contributed by atoms with Gasteiger partial charge in [0, 0.05) is 5.02 Å². The Morgan fingerprint density at radius 3 is 2.81 bits per heavy atom. The molecule has 0 radical (unpaired) electrons. The third-order valence-corrected chi connectivity index (χ3v) is 2.74. The van der Waals surface area contributed by atoms with Crippen molar-refractivity contribution in [2.24, 2.45) is 0 Å². The first kappa shape index (κ1) is 10.5. The van der Waals surface area contributed by atoms with E-state index in [0.717, 1.165) is 11.3 Å². The lowest BCUT2D eigenvalue weighted by molar-refractivity contribution is 0.890. The number of anilines is 1. The predicted molar refractivity (Wildman–Crippen MR) is 62.4 cm³/mol. The van der Waals surface area contributed by atoms with E-state index in [1.54, 1.807) is 12.1 Å². The summed E-state index contributed by atoms with van der Waals surface area (Å²) in [6.07, 6.45) is 1.44. The lowest BCUT2D eigenvalue weighted by Gasteiger charge is -2.05. The Hall–Kier alpha value is -1.99. The third-order valence-electron chi connectivity index (χ3n) is 2.31. The van der Waals surface area contributed by atoms with Crippen LogP contribution in [0.15, 0.2) is 24.4 Å². The van der Waals surface area contributed by atoms with Crippen molar-refractivity contribution in [3.05, 3.63) is 40.5 Å². The van der Waals surface area contributed by atoms with Gasteiger partial charge < -0.3 is 5.73 Å². The molecule has 0 bridgehead atoms. The van der Waals surface area contributed by atoms with Crippen molar-refractivity contribution in [1.82, 2.24) is 9.78 Å². The number of nitrogens with zero attached hydrogens (tertiary/aromatic N) is 3. The second-order valence-electron chi connectivity index (χ2n) is 3.40. The monoisotopic (exact) mass is 232 g/mol. The number of nitrogens with two attached hydrogens (primary N) is 1. The quantitative estimate of drug-likeness (QED) is 0.820. The molecule has 1 aromatic carbocycles. The van der Waals surface area contributed by atoms with Gasteiger partial charge in [0.2, 0.25) is 0 Å². The van der Waals surface area contributed by atoms with E-state index >= 15 is 0 Å². The zero-order valence-electron chi connectivity index (χ0n) is 8.61. The average molecular weight is 233 g/mol. The van der Waals surface area contributed by atoms with Crippen molar-refractivity contribution in [2.75, 3.05) is 5.73 Å². The highest BCUT2D eigenvalue weighted by Gasteiger charge is 2.08. The number of benzene rings is 1. The molecule has 0 fully saturated rings. The molecule has 0 saturated heterocycles. The van der Waals surface area contributed by atoms with Crippen molar-refractivity contribution < 1.29 is 0 Å². The van der Waals surface area contributed by atoms with Crippen LogP contribution >= 0.6 is 11.6 Å². The van der Waals surface area contributed by atoms with Crippen molar-refractivity contribution in [2.45, 2.75) is 6.92 Å². The lowest BCUT2D eigenvalue weighted by atomic mass is 10.2. The number of hydrogen-bond donors (Lipinski definition) is 1. The predicted octanol–water partition coefficient (Wildman–Crippen LogP) is 2.29. The van der Waals surface area contributed by atoms with Crippen LogP contribution in [0.4, 0.5) is 5.82 Å². The summed E-state index contributed by atoms with van der Waals surface area (Å²) in [4.78, 5) is 0. The van der Waals surface area contributed by atoms with Crippen LogP contribution in [0.1, 0.15) is 11.1 Å². The van der Waals surface area contributed by atoms with E-state index in [0.29, 0.717) is 16.4 Å². The van der Waals surface area contributed by atoms with Crippen LogP contribution in [0.2, 0.25) is 5.02 Å². The summed E-state index contributed by atoms with van der Waals surface area (Å²) in [5.41, 5.74) is 7.88. The smallest absolute Gasteiger partial charge is 0.145 e. The topological polar surface area (TPSA) is 67.6 Å². The fourth-order valence-electron chi connectivity index (χ4n) is 1.41. The van der Waals surface area contributed by atoms with Crippen molar-refractivity contribution >= 4 is 17.4 Å². The van der Waals surface area contributed by atoms with Gasteiger partial charge in [0.1, 0.15) is 17.5 Å². The normalized spacial score (nSPS) is 10.1. The summed E-state index contributed by atoms with van der Waals surface area (Å²) < 4.78 is 1.52. The summed E-state index contributed by atoms with van der Waals surface area (Å²) in [6, 6.07) is 7.43. The minimum atomic E-state index is 0.337. The SMILES string of the molecule is Cc1cc(-n2ncc(C#N)c2N)ccc1Cl. The second kappa shape index (κ2) is 3.87. The van der Waals surface area contributed by atoms with Crippen LogP contribution in [-0.2, 0) is 0 Å². The van der Waals surface area contributed by atoms with Gasteiger partial charge in [0.25, 0.3) is 0 Å². The van der Waals surface area contributed by atoms with Crippen molar-refractivity contribution in [3.8, 4) is 11.8 Å². The fourth-order valence-corrected chi connectivity index (χ4v) is 1.53. The van der Waals surface area contributed by atoms with Crippen LogP contribution in [0, 0.1) is 18.3 Å². The maximum atomic E-state index is 8.77. The van der Waals surface area contributed by atoms with E-state index in [1.807, 2.05) is 19.1 Å². The largest absolute Gasteiger partial charge is 0.382 e. The number of halogens is 1. The molecule has 0 amide bonds. The molecule has 2 N–H and O–H groups in total. The first-order valence-corrected chi connectivity index (χ1v) is 5.01. The molecular formula is C11H9ClN4. The van der Waals surface area contributed by atoms with E-state index in [1.165, 1.54) is 10.9 Å². The molecule has 2 rings (SSSR count). The number of rotatable bonds is 1. The Balaban J connectivity index is 2.55. The van der Waals surface area contributed by atoms with Crippen LogP contribution in [0.5, 0.6) is 0 Å². The van der Waals surface area contributed by atoms with Gasteiger partial charge in [0.15, 0.2) is 0 Å². The van der Waals surface area contributed by atoms with Gasteiger partial charge in [-0.05, 0) is 30.7 Å². The highest BCUT2D eigenvalue weighted by molar-refractivity contribution is 6.31. The molecule has 5 heteroatoms. The highest BCUT2D eigenvalue weighted by atomic mass is 35.5. The molecule has 0 unspecified atom stereocenters. The molecule has 2 aromatic rings. The zero-order chi connectivity index (χ0) is 11.7. The highest BCUT2D eigenvalue weighted by Crippen LogP contribution is 2.21. The zero-order valence-corrected chi connectivity index (χ0v) is 9.36. The van der Waals surface area contributed by atoms with Gasteiger partial charge in [-0.3, -0.25) is 0 Å². The molecule has 1 heterocycles. The average Bonchev–Trinajstić information content (AvgIpc) is 2.64. The van der Waals surface area contributed by atoms with Crippen molar-refractivity contribution in [1.29, 1.82) is 5.26 Å². The second-order valence-corrected chi connectivity index (χ2v) is 3.81. The Morgan fingerprint density at radius 1 is 1.50 bits per heavy atom. The number of hydrogen-bond acceptors (Lipinski definition) is 3. The Kier molecular flexibility index (Phi) is 2.55. The molecule has 0 saturated carbocycles. The summed E-state index contributed by atoms with van der Waals surface area (Å²) in [5, 5.41) is 13.5. The molecule has 1 aromatic heterocycles. The minimum absolute atomic E-state index is 0.337. The third kappa shape index (κ3) is 1.62. The molecule has 0 aliphatic rings. The maximum absolute atomic E-state index is 8.77. The summed E-state index contributed by atoms with van der Waals surface area (Å²) in [6.45, 7) is 1.90. The number of nitriles is 1. The standard InChI is InChI=1S/C11H9ClN4/c1-7-4-9(2-3-10(7)12)16-11(14)8(5-13)6-15-16/h2-4,6H,14H2,1H3. The number of aromatic nitrogens is 2. The molecule has 0 spiro atoms. The van der Waals surface area contributed by atoms with E-state index < -0.39 is 0 Å². The number of aryl methyl sites for hydroxylation is 1. The van der Waals surface area contributed by atoms with Crippen LogP contribution < -0.4 is 5.73 Å². The Labute approximate surface area is 97.9 Å². The van der Waals surface area contributed by atoms with Gasteiger partial charge in [-0.15, -0.1) is 0 Å². The van der Waals surface area contributed by atoms with Gasteiger partial charge in [-0.2, -0.15) is 10.4 Å². The molecule has 4 nitrogen and oxygen atoms in total. The van der Waals surface area contributed by atoms with E-state index in [-0.39, 0.29) is 0 Å². The molecule has 16 heavy (non-hydrogen) atoms. The first-order chi connectivity index (χ1) is 7.63. The molecular weight excluding hydrogens is 224 g/mol. The van der Waals surface area contributed by atoms with Crippen molar-refractivity contribution in [3.63, 3.8) is 0 Å². The van der Waals surface area contributed by atoms with Gasteiger partial charge >= 0.3 is 0 Å². The van der Waals surface area contributed by atoms with E-state index in [9.17, 15) is 0 Å². The maximum Gasteiger partial charge on any atom is 0.145 e. The molecule has 0 aliphatic carbocycles. The van der Waals surface area contributed by atoms with Gasteiger partial charge in [-0.1, -0.05) is 11.6 Å². The summed E-state index contributed by atoms with van der Waals surface area (Å²) >= 11 is 5.93. The molecule has 0 atom stereocenters. The van der Waals surface area contributed by atoms with Crippen LogP contribution in [0.3, 0.4) is 0 Å². The summed E-state index contributed by atoms with van der Waals surface area (Å²) in [7, 11) is 0. The number of nitrogen functional groups attached to an aromatic ring is 1. The Bertz CT molecular complexity index is 580. The van der Waals surface area contributed by atoms with Crippen LogP contribution in [-0.4, -0.2) is 9.78 Å². The van der Waals surface area contributed by atoms with E-state index in [2.05, 4.69) is 5.10 Å².